The van der Waals surface area contributed by atoms with Crippen molar-refractivity contribution in [3.63, 3.8) is 0 Å². The number of carbonyl (C=O) groups is 1. The van der Waals surface area contributed by atoms with Gasteiger partial charge in [-0.05, 0) is 12.0 Å². The van der Waals surface area contributed by atoms with E-state index in [-0.39, 0.29) is 0 Å². The van der Waals surface area contributed by atoms with E-state index in [9.17, 15) is 4.79 Å². The second-order valence-electron chi connectivity index (χ2n) is 3.36. The first-order valence-electron chi connectivity index (χ1n) is 4.80. The predicted octanol–water partition coefficient (Wildman–Crippen LogP) is 1.95. The average Bonchev–Trinajstić information content (AvgIpc) is 2.80. The number of hydrogen-bond donors (Lipinski definition) is 1. The second-order valence-corrected chi connectivity index (χ2v) is 4.22. The van der Waals surface area contributed by atoms with Crippen LogP contribution in [-0.4, -0.2) is 21.3 Å². The van der Waals surface area contributed by atoms with Gasteiger partial charge in [0.2, 0.25) is 0 Å². The third-order valence-electron chi connectivity index (χ3n) is 2.26. The summed E-state index contributed by atoms with van der Waals surface area (Å²) in [6, 6.07) is 9.53. The monoisotopic (exact) mass is 234 g/mol. The minimum absolute atomic E-state index is 0.450. The number of carboxylic acid groups (broad SMARTS) is 1. The minimum Gasteiger partial charge on any atom is -0.481 e. The molecule has 2 rings (SSSR count). The van der Waals surface area contributed by atoms with E-state index in [0.717, 1.165) is 5.56 Å². The van der Waals surface area contributed by atoms with E-state index in [1.165, 1.54) is 11.3 Å². The van der Waals surface area contributed by atoms with Gasteiger partial charge in [0.1, 0.15) is 16.4 Å². The molecule has 0 spiro atoms. The molecule has 16 heavy (non-hydrogen) atoms. The van der Waals surface area contributed by atoms with Gasteiger partial charge in [0.15, 0.2) is 0 Å². The fourth-order valence-corrected chi connectivity index (χ4v) is 2.11. The standard InChI is InChI=1S/C11H10N2O2S/c14-11(15)9(10-13-12-7-16-10)6-8-4-2-1-3-5-8/h1-5,7,9H,6H2,(H,14,15). The van der Waals surface area contributed by atoms with Crippen molar-refractivity contribution in [2.24, 2.45) is 0 Å². The van der Waals surface area contributed by atoms with E-state index < -0.39 is 11.9 Å². The van der Waals surface area contributed by atoms with Gasteiger partial charge < -0.3 is 5.11 Å². The number of benzene rings is 1. The van der Waals surface area contributed by atoms with Gasteiger partial charge in [0.25, 0.3) is 0 Å². The van der Waals surface area contributed by atoms with Crippen LogP contribution >= 0.6 is 11.3 Å². The summed E-state index contributed by atoms with van der Waals surface area (Å²) in [6.45, 7) is 0. The van der Waals surface area contributed by atoms with Crippen molar-refractivity contribution in [3.05, 3.63) is 46.4 Å². The lowest BCUT2D eigenvalue weighted by Crippen LogP contribution is -2.14. The first-order chi connectivity index (χ1) is 7.77. The van der Waals surface area contributed by atoms with E-state index in [4.69, 9.17) is 5.11 Å². The normalized spacial score (nSPS) is 12.2. The van der Waals surface area contributed by atoms with Crippen LogP contribution in [0.5, 0.6) is 0 Å². The Bertz CT molecular complexity index is 456. The van der Waals surface area contributed by atoms with Crippen molar-refractivity contribution in [2.45, 2.75) is 12.3 Å². The summed E-state index contributed by atoms with van der Waals surface area (Å²) >= 11 is 1.28. The third-order valence-corrected chi connectivity index (χ3v) is 3.06. The molecular formula is C11H10N2O2S. The molecule has 1 aromatic heterocycles. The van der Waals surface area contributed by atoms with Crippen LogP contribution in [0.1, 0.15) is 16.5 Å². The van der Waals surface area contributed by atoms with Gasteiger partial charge in [-0.15, -0.1) is 21.5 Å². The van der Waals surface area contributed by atoms with E-state index in [2.05, 4.69) is 10.2 Å². The molecule has 1 unspecified atom stereocenters. The minimum atomic E-state index is -0.861. The van der Waals surface area contributed by atoms with Crippen LogP contribution in [0.4, 0.5) is 0 Å². The summed E-state index contributed by atoms with van der Waals surface area (Å²) in [4.78, 5) is 11.1. The molecule has 4 nitrogen and oxygen atoms in total. The molecule has 0 aliphatic rings. The molecule has 82 valence electrons. The van der Waals surface area contributed by atoms with Crippen molar-refractivity contribution in [1.29, 1.82) is 0 Å². The van der Waals surface area contributed by atoms with Crippen molar-refractivity contribution in [3.8, 4) is 0 Å². The maximum Gasteiger partial charge on any atom is 0.313 e. The quantitative estimate of drug-likeness (QED) is 0.878. The Morgan fingerprint density at radius 2 is 2.12 bits per heavy atom. The lowest BCUT2D eigenvalue weighted by atomic mass is 10.0. The zero-order chi connectivity index (χ0) is 11.4. The Kier molecular flexibility index (Phi) is 3.26. The molecule has 1 N–H and O–H groups in total. The topological polar surface area (TPSA) is 63.1 Å². The summed E-state index contributed by atoms with van der Waals surface area (Å²) < 4.78 is 0. The van der Waals surface area contributed by atoms with Crippen LogP contribution in [0.15, 0.2) is 35.8 Å². The molecular weight excluding hydrogens is 224 g/mol. The SMILES string of the molecule is O=C(O)C(Cc1ccccc1)c1nncs1. The highest BCUT2D eigenvalue weighted by Gasteiger charge is 2.23. The summed E-state index contributed by atoms with van der Waals surface area (Å²) in [5, 5.41) is 17.2. The van der Waals surface area contributed by atoms with Crippen LogP contribution < -0.4 is 0 Å². The number of carboxylic acids is 1. The highest BCUT2D eigenvalue weighted by Crippen LogP contribution is 2.22. The molecule has 2 aromatic rings. The summed E-state index contributed by atoms with van der Waals surface area (Å²) in [5.41, 5.74) is 2.54. The number of aliphatic carboxylic acids is 1. The van der Waals surface area contributed by atoms with Crippen LogP contribution in [0.2, 0.25) is 0 Å². The fourth-order valence-electron chi connectivity index (χ4n) is 1.46. The number of rotatable bonds is 4. The van der Waals surface area contributed by atoms with Crippen LogP contribution in [0.3, 0.4) is 0 Å². The Morgan fingerprint density at radius 1 is 1.38 bits per heavy atom. The highest BCUT2D eigenvalue weighted by atomic mass is 32.1. The average molecular weight is 234 g/mol. The Hall–Kier alpha value is -1.75. The first kappa shape index (κ1) is 10.8. The van der Waals surface area contributed by atoms with Gasteiger partial charge in [0.05, 0.1) is 0 Å². The Morgan fingerprint density at radius 3 is 2.69 bits per heavy atom. The summed E-state index contributed by atoms with van der Waals surface area (Å²) in [6.07, 6.45) is 0.450. The van der Waals surface area contributed by atoms with Gasteiger partial charge in [-0.2, -0.15) is 0 Å². The maximum atomic E-state index is 11.1. The first-order valence-corrected chi connectivity index (χ1v) is 5.68. The third kappa shape index (κ3) is 2.43. The number of nitrogens with zero attached hydrogens (tertiary/aromatic N) is 2. The molecule has 1 atom stereocenters. The molecule has 0 fully saturated rings. The molecule has 0 radical (unpaired) electrons. The van der Waals surface area contributed by atoms with Crippen LogP contribution in [0.25, 0.3) is 0 Å². The van der Waals surface area contributed by atoms with Crippen LogP contribution in [-0.2, 0) is 11.2 Å². The Balaban J connectivity index is 2.19. The lowest BCUT2D eigenvalue weighted by molar-refractivity contribution is -0.138. The number of aromatic nitrogens is 2. The van der Waals surface area contributed by atoms with E-state index in [1.807, 2.05) is 30.3 Å². The van der Waals surface area contributed by atoms with Gasteiger partial charge in [-0.25, -0.2) is 0 Å². The maximum absolute atomic E-state index is 11.1. The molecule has 5 heteroatoms. The highest BCUT2D eigenvalue weighted by molar-refractivity contribution is 7.09. The van der Waals surface area contributed by atoms with Crippen LogP contribution in [0, 0.1) is 0 Å². The van der Waals surface area contributed by atoms with E-state index in [0.29, 0.717) is 11.4 Å². The van der Waals surface area contributed by atoms with Crippen molar-refractivity contribution >= 4 is 17.3 Å². The largest absolute Gasteiger partial charge is 0.481 e. The van der Waals surface area contributed by atoms with Gasteiger partial charge in [0, 0.05) is 0 Å². The smallest absolute Gasteiger partial charge is 0.313 e. The van der Waals surface area contributed by atoms with Gasteiger partial charge >= 0.3 is 5.97 Å². The summed E-state index contributed by atoms with van der Waals surface area (Å²) in [7, 11) is 0. The predicted molar refractivity (Wildman–Crippen MR) is 60.4 cm³/mol. The number of hydrogen-bond acceptors (Lipinski definition) is 4. The van der Waals surface area contributed by atoms with E-state index >= 15 is 0 Å². The van der Waals surface area contributed by atoms with Gasteiger partial charge in [-0.1, -0.05) is 30.3 Å². The van der Waals surface area contributed by atoms with Crippen molar-refractivity contribution in [2.75, 3.05) is 0 Å². The zero-order valence-electron chi connectivity index (χ0n) is 8.41. The zero-order valence-corrected chi connectivity index (χ0v) is 9.22. The van der Waals surface area contributed by atoms with E-state index in [1.54, 1.807) is 5.51 Å². The molecule has 1 heterocycles. The lowest BCUT2D eigenvalue weighted by Gasteiger charge is -2.08. The Labute approximate surface area is 96.6 Å². The fraction of sp³-hybridized carbons (Fsp3) is 0.182. The molecule has 0 aliphatic heterocycles. The molecule has 0 saturated carbocycles. The summed E-state index contributed by atoms with van der Waals surface area (Å²) in [5.74, 6) is -1.46. The molecule has 0 aliphatic carbocycles. The molecule has 0 bridgehead atoms. The van der Waals surface area contributed by atoms with Gasteiger partial charge in [-0.3, -0.25) is 4.79 Å². The van der Waals surface area contributed by atoms with Crippen molar-refractivity contribution < 1.29 is 9.90 Å². The molecule has 1 aromatic carbocycles. The molecule has 0 amide bonds. The van der Waals surface area contributed by atoms with Crippen molar-refractivity contribution in [1.82, 2.24) is 10.2 Å². The molecule has 0 saturated heterocycles. The second kappa shape index (κ2) is 4.85.